The summed E-state index contributed by atoms with van der Waals surface area (Å²) in [5.41, 5.74) is 2.59. The second-order valence-corrected chi connectivity index (χ2v) is 5.71. The zero-order valence-corrected chi connectivity index (χ0v) is 13.0. The summed E-state index contributed by atoms with van der Waals surface area (Å²) in [6.45, 7) is 0. The first kappa shape index (κ1) is 15.8. The van der Waals surface area contributed by atoms with Crippen LogP contribution in [-0.4, -0.2) is 28.0 Å². The summed E-state index contributed by atoms with van der Waals surface area (Å²) in [6, 6.07) is 18.0. The van der Waals surface area contributed by atoms with E-state index in [1.165, 1.54) is 0 Å². The zero-order chi connectivity index (χ0) is 16.9. The molecule has 0 fully saturated rings. The fourth-order valence-corrected chi connectivity index (χ4v) is 2.70. The average Bonchev–Trinajstić information content (AvgIpc) is 2.97. The van der Waals surface area contributed by atoms with Crippen LogP contribution in [0.4, 0.5) is 0 Å². The number of H-pyrrole nitrogens is 1. The van der Waals surface area contributed by atoms with Gasteiger partial charge in [0.25, 0.3) is 0 Å². The summed E-state index contributed by atoms with van der Waals surface area (Å²) in [6.07, 6.45) is 0.377. The van der Waals surface area contributed by atoms with Crippen molar-refractivity contribution in [2.24, 2.45) is 0 Å². The van der Waals surface area contributed by atoms with Gasteiger partial charge in [-0.1, -0.05) is 48.5 Å². The zero-order valence-electron chi connectivity index (χ0n) is 13.0. The number of carbonyl (C=O) groups excluding carboxylic acids is 1. The van der Waals surface area contributed by atoms with Crippen molar-refractivity contribution in [1.82, 2.24) is 10.3 Å². The molecule has 1 heterocycles. The Labute approximate surface area is 139 Å². The number of fused-ring (bicyclic) bond motifs is 1. The van der Waals surface area contributed by atoms with E-state index in [0.29, 0.717) is 0 Å². The number of aliphatic carboxylic acids is 1. The second kappa shape index (κ2) is 7.00. The van der Waals surface area contributed by atoms with Gasteiger partial charge in [0, 0.05) is 17.6 Å². The van der Waals surface area contributed by atoms with Crippen LogP contribution in [0.15, 0.2) is 60.7 Å². The van der Waals surface area contributed by atoms with Crippen molar-refractivity contribution >= 4 is 22.8 Å². The van der Waals surface area contributed by atoms with Gasteiger partial charge in [-0.15, -0.1) is 0 Å². The minimum atomic E-state index is -1.04. The quantitative estimate of drug-likeness (QED) is 0.652. The van der Waals surface area contributed by atoms with E-state index < -0.39 is 12.0 Å². The average molecular weight is 322 g/mol. The van der Waals surface area contributed by atoms with Gasteiger partial charge in [0.15, 0.2) is 0 Å². The molecule has 0 saturated heterocycles. The van der Waals surface area contributed by atoms with Gasteiger partial charge in [-0.2, -0.15) is 0 Å². The highest BCUT2D eigenvalue weighted by molar-refractivity contribution is 5.87. The van der Waals surface area contributed by atoms with Crippen LogP contribution in [-0.2, 0) is 22.4 Å². The molecular formula is C19H18N2O3. The highest BCUT2D eigenvalue weighted by Crippen LogP contribution is 2.15. The maximum Gasteiger partial charge on any atom is 0.326 e. The lowest BCUT2D eigenvalue weighted by atomic mass is 10.1. The molecule has 3 aromatic rings. The lowest BCUT2D eigenvalue weighted by Gasteiger charge is -2.14. The first-order valence-corrected chi connectivity index (χ1v) is 7.74. The number of carboxylic acids is 1. The maximum atomic E-state index is 12.2. The second-order valence-electron chi connectivity index (χ2n) is 5.71. The van der Waals surface area contributed by atoms with Crippen molar-refractivity contribution in [3.8, 4) is 0 Å². The van der Waals surface area contributed by atoms with Crippen LogP contribution in [0.3, 0.4) is 0 Å². The van der Waals surface area contributed by atoms with Crippen molar-refractivity contribution in [3.05, 3.63) is 71.9 Å². The van der Waals surface area contributed by atoms with Gasteiger partial charge in [0.05, 0.1) is 6.42 Å². The van der Waals surface area contributed by atoms with E-state index in [4.69, 9.17) is 0 Å². The van der Waals surface area contributed by atoms with E-state index >= 15 is 0 Å². The van der Waals surface area contributed by atoms with Crippen LogP contribution in [0.2, 0.25) is 0 Å². The molecule has 122 valence electrons. The summed E-state index contributed by atoms with van der Waals surface area (Å²) >= 11 is 0. The van der Waals surface area contributed by atoms with Crippen molar-refractivity contribution in [3.63, 3.8) is 0 Å². The van der Waals surface area contributed by atoms with Gasteiger partial charge in [-0.3, -0.25) is 4.79 Å². The van der Waals surface area contributed by atoms with Crippen LogP contribution in [0.25, 0.3) is 10.9 Å². The third kappa shape index (κ3) is 3.81. The Hall–Kier alpha value is -3.08. The number of rotatable bonds is 6. The third-order valence-electron chi connectivity index (χ3n) is 3.85. The predicted molar refractivity (Wildman–Crippen MR) is 91.7 cm³/mol. The van der Waals surface area contributed by atoms with E-state index in [1.54, 1.807) is 0 Å². The molecule has 0 aliphatic rings. The molecule has 3 rings (SSSR count). The molecule has 0 aliphatic carbocycles. The molecule has 0 saturated carbocycles. The summed E-state index contributed by atoms with van der Waals surface area (Å²) in [4.78, 5) is 26.8. The molecule has 1 atom stereocenters. The van der Waals surface area contributed by atoms with Gasteiger partial charge in [-0.25, -0.2) is 4.79 Å². The van der Waals surface area contributed by atoms with Crippen molar-refractivity contribution < 1.29 is 14.7 Å². The molecule has 1 amide bonds. The van der Waals surface area contributed by atoms with Crippen LogP contribution < -0.4 is 5.32 Å². The van der Waals surface area contributed by atoms with Gasteiger partial charge >= 0.3 is 5.97 Å². The standard InChI is InChI=1S/C19H18N2O3/c22-18(12-15-11-14-8-4-5-9-16(14)20-15)21-17(19(23)24)10-13-6-2-1-3-7-13/h1-9,11,17,20H,10,12H2,(H,21,22)(H,23,24). The van der Waals surface area contributed by atoms with E-state index in [2.05, 4.69) is 10.3 Å². The number of benzene rings is 2. The number of carbonyl (C=O) groups is 2. The van der Waals surface area contributed by atoms with E-state index in [0.717, 1.165) is 22.2 Å². The molecule has 5 heteroatoms. The molecule has 3 N–H and O–H groups in total. The topological polar surface area (TPSA) is 82.2 Å². The summed E-state index contributed by atoms with van der Waals surface area (Å²) in [7, 11) is 0. The largest absolute Gasteiger partial charge is 0.480 e. The fraction of sp³-hybridized carbons (Fsp3) is 0.158. The minimum Gasteiger partial charge on any atom is -0.480 e. The Morgan fingerprint density at radius 1 is 1.04 bits per heavy atom. The Morgan fingerprint density at radius 2 is 1.75 bits per heavy atom. The molecule has 2 aromatic carbocycles. The molecule has 1 aromatic heterocycles. The monoisotopic (exact) mass is 322 g/mol. The smallest absolute Gasteiger partial charge is 0.326 e. The normalized spacial score (nSPS) is 12.0. The molecule has 0 spiro atoms. The summed E-state index contributed by atoms with van der Waals surface area (Å²) in [5.74, 6) is -1.35. The molecule has 1 unspecified atom stereocenters. The van der Waals surface area contributed by atoms with Gasteiger partial charge in [-0.05, 0) is 23.1 Å². The Balaban J connectivity index is 1.66. The Kier molecular flexibility index (Phi) is 4.61. The number of nitrogens with one attached hydrogen (secondary N) is 2. The molecule has 0 radical (unpaired) electrons. The number of aromatic amines is 1. The van der Waals surface area contributed by atoms with E-state index in [-0.39, 0.29) is 18.7 Å². The molecular weight excluding hydrogens is 304 g/mol. The first-order chi connectivity index (χ1) is 11.6. The van der Waals surface area contributed by atoms with Crippen molar-refractivity contribution in [2.75, 3.05) is 0 Å². The number of hydrogen-bond donors (Lipinski definition) is 3. The highest BCUT2D eigenvalue weighted by Gasteiger charge is 2.20. The van der Waals surface area contributed by atoms with Crippen LogP contribution in [0.1, 0.15) is 11.3 Å². The van der Waals surface area contributed by atoms with Crippen LogP contribution in [0, 0.1) is 0 Å². The highest BCUT2D eigenvalue weighted by atomic mass is 16.4. The lowest BCUT2D eigenvalue weighted by molar-refractivity contribution is -0.141. The molecule has 5 nitrogen and oxygen atoms in total. The molecule has 0 bridgehead atoms. The summed E-state index contributed by atoms with van der Waals surface area (Å²) < 4.78 is 0. The van der Waals surface area contributed by atoms with Gasteiger partial charge < -0.3 is 15.4 Å². The predicted octanol–water partition coefficient (Wildman–Crippen LogP) is 2.52. The Bertz CT molecular complexity index is 822. The number of amides is 1. The summed E-state index contributed by atoms with van der Waals surface area (Å²) in [5, 5.41) is 13.0. The first-order valence-electron chi connectivity index (χ1n) is 7.74. The van der Waals surface area contributed by atoms with Gasteiger partial charge in [0.2, 0.25) is 5.91 Å². The molecule has 0 aliphatic heterocycles. The minimum absolute atomic E-state index is 0.118. The number of carboxylic acid groups (broad SMARTS) is 1. The Morgan fingerprint density at radius 3 is 2.46 bits per heavy atom. The molecule has 24 heavy (non-hydrogen) atoms. The number of aromatic nitrogens is 1. The van der Waals surface area contributed by atoms with Crippen molar-refractivity contribution in [1.29, 1.82) is 0 Å². The number of para-hydroxylation sites is 1. The van der Waals surface area contributed by atoms with Crippen LogP contribution >= 0.6 is 0 Å². The fourth-order valence-electron chi connectivity index (χ4n) is 2.70. The maximum absolute atomic E-state index is 12.2. The third-order valence-corrected chi connectivity index (χ3v) is 3.85. The van der Waals surface area contributed by atoms with Gasteiger partial charge in [0.1, 0.15) is 6.04 Å². The lowest BCUT2D eigenvalue weighted by Crippen LogP contribution is -2.43. The van der Waals surface area contributed by atoms with Crippen LogP contribution in [0.5, 0.6) is 0 Å². The number of hydrogen-bond acceptors (Lipinski definition) is 2. The van der Waals surface area contributed by atoms with E-state index in [1.807, 2.05) is 60.7 Å². The van der Waals surface area contributed by atoms with E-state index in [9.17, 15) is 14.7 Å². The van der Waals surface area contributed by atoms with Crippen molar-refractivity contribution in [2.45, 2.75) is 18.9 Å². The SMILES string of the molecule is O=C(Cc1cc2ccccc2[nH]1)NC(Cc1ccccc1)C(=O)O.